The van der Waals surface area contributed by atoms with E-state index >= 15 is 0 Å². The second-order valence-corrected chi connectivity index (χ2v) is 8.85. The number of aryl methyl sites for hydroxylation is 1. The van der Waals surface area contributed by atoms with Crippen LogP contribution in [0.4, 0.5) is 13.2 Å². The molecule has 28 heavy (non-hydrogen) atoms. The van der Waals surface area contributed by atoms with Gasteiger partial charge in [0.1, 0.15) is 5.75 Å². The van der Waals surface area contributed by atoms with E-state index < -0.39 is 36.2 Å². The normalized spacial score (nSPS) is 37.0. The molecule has 2 N–H and O–H groups in total. The third-order valence-electron chi connectivity index (χ3n) is 7.39. The number of phenolic OH excluding ortho intramolecular Hbond substituents is 1. The van der Waals surface area contributed by atoms with Crippen LogP contribution in [-0.2, 0) is 16.0 Å². The van der Waals surface area contributed by atoms with E-state index in [1.54, 1.807) is 12.1 Å². The number of aromatic hydroxyl groups is 1. The molecule has 0 saturated heterocycles. The third-order valence-corrected chi connectivity index (χ3v) is 7.39. The number of alkyl halides is 3. The molecule has 0 radical (unpaired) electrons. The van der Waals surface area contributed by atoms with Gasteiger partial charge in [-0.3, -0.25) is 4.79 Å². The number of carbonyl (C=O) groups is 1. The zero-order valence-corrected chi connectivity index (χ0v) is 15.7. The fourth-order valence-electron chi connectivity index (χ4n) is 6.07. The molecule has 6 atom stereocenters. The Morgan fingerprint density at radius 3 is 2.79 bits per heavy atom. The van der Waals surface area contributed by atoms with Crippen molar-refractivity contribution in [1.29, 1.82) is 0 Å². The van der Waals surface area contributed by atoms with E-state index in [2.05, 4.69) is 4.74 Å². The van der Waals surface area contributed by atoms with Crippen LogP contribution in [0.3, 0.4) is 0 Å². The minimum Gasteiger partial charge on any atom is -0.508 e. The van der Waals surface area contributed by atoms with Crippen molar-refractivity contribution >= 4 is 5.97 Å². The van der Waals surface area contributed by atoms with Gasteiger partial charge >= 0.3 is 12.1 Å². The average Bonchev–Trinajstić information content (AvgIpc) is 2.90. The molecule has 3 aliphatic carbocycles. The molecule has 0 bridgehead atoms. The molecule has 0 aliphatic heterocycles. The number of phenols is 1. The van der Waals surface area contributed by atoms with Crippen LogP contribution in [0.2, 0.25) is 0 Å². The van der Waals surface area contributed by atoms with E-state index in [0.717, 1.165) is 24.8 Å². The highest BCUT2D eigenvalue weighted by Crippen LogP contribution is 2.62. The van der Waals surface area contributed by atoms with Gasteiger partial charge in [0.25, 0.3) is 0 Å². The molecular formula is C21H25F3O4. The quantitative estimate of drug-likeness (QED) is 0.741. The molecule has 154 valence electrons. The molecule has 0 amide bonds. The van der Waals surface area contributed by atoms with Crippen molar-refractivity contribution in [3.63, 3.8) is 0 Å². The minimum atomic E-state index is -4.57. The summed E-state index contributed by atoms with van der Waals surface area (Å²) in [6.45, 7) is 0.348. The second kappa shape index (κ2) is 6.65. The monoisotopic (exact) mass is 398 g/mol. The van der Waals surface area contributed by atoms with E-state index in [1.807, 2.05) is 13.0 Å². The molecule has 4 rings (SSSR count). The number of aliphatic hydroxyl groups excluding tert-OH is 1. The third kappa shape index (κ3) is 3.17. The summed E-state index contributed by atoms with van der Waals surface area (Å²) >= 11 is 0. The Kier molecular flexibility index (Phi) is 4.64. The summed E-state index contributed by atoms with van der Waals surface area (Å²) in [4.78, 5) is 12.3. The molecule has 2 saturated carbocycles. The Bertz CT molecular complexity index is 777. The predicted molar refractivity (Wildman–Crippen MR) is 94.6 cm³/mol. The number of hydrogen-bond acceptors (Lipinski definition) is 4. The van der Waals surface area contributed by atoms with Crippen molar-refractivity contribution in [2.75, 3.05) is 6.61 Å². The molecule has 7 heteroatoms. The van der Waals surface area contributed by atoms with Gasteiger partial charge < -0.3 is 14.9 Å². The first-order valence-corrected chi connectivity index (χ1v) is 9.83. The van der Waals surface area contributed by atoms with Gasteiger partial charge in [0.15, 0.2) is 6.61 Å². The molecule has 1 aromatic rings. The summed E-state index contributed by atoms with van der Waals surface area (Å²) in [6, 6.07) is 5.46. The Labute approximate surface area is 161 Å². The van der Waals surface area contributed by atoms with Gasteiger partial charge in [-0.25, -0.2) is 0 Å². The van der Waals surface area contributed by atoms with E-state index in [9.17, 15) is 28.2 Å². The van der Waals surface area contributed by atoms with Crippen molar-refractivity contribution in [1.82, 2.24) is 0 Å². The molecular weight excluding hydrogens is 373 g/mol. The SMILES string of the molecule is C[C@]12CC[C@@H]3c4ccc(O)cc4CC[C@H]3[C@@H]1C[C@@H](C(=O)OCC(F)(F)F)[C@@H]2O. The standard InChI is InChI=1S/C21H25F3O4/c1-20-7-6-14-13-5-3-12(25)8-11(13)2-4-15(14)17(20)9-16(18(20)26)19(27)28-10-21(22,23)24/h3,5,8,14-18,25-26H,2,4,6-7,9-10H2,1H3/t14-,15-,16-,17+,18+,20+/m1/s1. The van der Waals surface area contributed by atoms with Crippen LogP contribution < -0.4 is 0 Å². The lowest BCUT2D eigenvalue weighted by molar-refractivity contribution is -0.191. The fourth-order valence-corrected chi connectivity index (χ4v) is 6.07. The Hall–Kier alpha value is -1.76. The second-order valence-electron chi connectivity index (χ2n) is 8.85. The summed E-state index contributed by atoms with van der Waals surface area (Å²) in [5, 5.41) is 20.6. The van der Waals surface area contributed by atoms with Crippen molar-refractivity contribution in [2.45, 2.75) is 57.2 Å². The number of carbonyl (C=O) groups excluding carboxylic acids is 1. The number of aliphatic hydroxyl groups is 1. The van der Waals surface area contributed by atoms with Crippen LogP contribution in [0.5, 0.6) is 5.75 Å². The van der Waals surface area contributed by atoms with E-state index in [1.165, 1.54) is 5.56 Å². The molecule has 0 spiro atoms. The van der Waals surface area contributed by atoms with Gasteiger partial charge in [-0.1, -0.05) is 13.0 Å². The minimum absolute atomic E-state index is 0.0617. The van der Waals surface area contributed by atoms with Gasteiger partial charge in [-0.15, -0.1) is 0 Å². The summed E-state index contributed by atoms with van der Waals surface area (Å²) in [7, 11) is 0. The molecule has 2 fully saturated rings. The van der Waals surface area contributed by atoms with Crippen molar-refractivity contribution in [2.24, 2.45) is 23.2 Å². The number of fused-ring (bicyclic) bond motifs is 5. The molecule has 4 nitrogen and oxygen atoms in total. The van der Waals surface area contributed by atoms with Crippen molar-refractivity contribution < 1.29 is 32.9 Å². The van der Waals surface area contributed by atoms with Crippen LogP contribution in [0.15, 0.2) is 18.2 Å². The van der Waals surface area contributed by atoms with E-state index in [4.69, 9.17) is 0 Å². The maximum absolute atomic E-state index is 12.4. The van der Waals surface area contributed by atoms with Crippen LogP contribution in [0, 0.1) is 23.2 Å². The van der Waals surface area contributed by atoms with Gasteiger partial charge in [-0.2, -0.15) is 13.2 Å². The van der Waals surface area contributed by atoms with Crippen LogP contribution >= 0.6 is 0 Å². The molecule has 0 heterocycles. The van der Waals surface area contributed by atoms with Gasteiger partial charge in [0, 0.05) is 0 Å². The number of benzene rings is 1. The summed E-state index contributed by atoms with van der Waals surface area (Å²) in [5.74, 6) is -0.978. The fraction of sp³-hybridized carbons (Fsp3) is 0.667. The Morgan fingerprint density at radius 1 is 1.32 bits per heavy atom. The van der Waals surface area contributed by atoms with Crippen LogP contribution in [0.1, 0.15) is 49.7 Å². The van der Waals surface area contributed by atoms with Crippen LogP contribution in [-0.4, -0.2) is 35.1 Å². The lowest BCUT2D eigenvalue weighted by Crippen LogP contribution is -2.45. The maximum Gasteiger partial charge on any atom is 0.422 e. The Morgan fingerprint density at radius 2 is 2.07 bits per heavy atom. The first kappa shape index (κ1) is 19.6. The van der Waals surface area contributed by atoms with E-state index in [0.29, 0.717) is 18.8 Å². The summed E-state index contributed by atoms with van der Waals surface area (Å²) < 4.78 is 41.7. The molecule has 0 aromatic heterocycles. The highest BCUT2D eigenvalue weighted by atomic mass is 19.4. The topological polar surface area (TPSA) is 66.8 Å². The smallest absolute Gasteiger partial charge is 0.422 e. The first-order chi connectivity index (χ1) is 13.1. The number of halogens is 3. The molecule has 3 aliphatic rings. The van der Waals surface area contributed by atoms with Gasteiger partial charge in [0.2, 0.25) is 0 Å². The zero-order chi connectivity index (χ0) is 20.3. The number of ether oxygens (including phenoxy) is 1. The largest absolute Gasteiger partial charge is 0.508 e. The van der Waals surface area contributed by atoms with E-state index in [-0.39, 0.29) is 17.6 Å². The first-order valence-electron chi connectivity index (χ1n) is 9.83. The Balaban J connectivity index is 1.55. The number of hydrogen-bond donors (Lipinski definition) is 2. The lowest BCUT2D eigenvalue weighted by atomic mass is 9.55. The van der Waals surface area contributed by atoms with Gasteiger partial charge in [-0.05, 0) is 78.5 Å². The van der Waals surface area contributed by atoms with Crippen LogP contribution in [0.25, 0.3) is 0 Å². The predicted octanol–water partition coefficient (Wildman–Crippen LogP) is 3.94. The highest BCUT2D eigenvalue weighted by molar-refractivity contribution is 5.74. The average molecular weight is 398 g/mol. The number of rotatable bonds is 2. The van der Waals surface area contributed by atoms with Crippen molar-refractivity contribution in [3.05, 3.63) is 29.3 Å². The lowest BCUT2D eigenvalue weighted by Gasteiger charge is -2.50. The molecule has 0 unspecified atom stereocenters. The zero-order valence-electron chi connectivity index (χ0n) is 15.7. The maximum atomic E-state index is 12.4. The van der Waals surface area contributed by atoms with Gasteiger partial charge in [0.05, 0.1) is 12.0 Å². The molecule has 1 aromatic carbocycles. The number of esters is 1. The summed E-state index contributed by atoms with van der Waals surface area (Å²) in [6.07, 6.45) is -1.92. The van der Waals surface area contributed by atoms with Crippen molar-refractivity contribution in [3.8, 4) is 5.75 Å². The summed E-state index contributed by atoms with van der Waals surface area (Å²) in [5.41, 5.74) is 1.87. The highest BCUT2D eigenvalue weighted by Gasteiger charge is 2.60.